The Labute approximate surface area is 231 Å². The number of fused-ring (bicyclic) bond motifs is 6. The summed E-state index contributed by atoms with van der Waals surface area (Å²) in [5.74, 6) is 0. The van der Waals surface area contributed by atoms with Gasteiger partial charge in [-0.25, -0.2) is 0 Å². The van der Waals surface area contributed by atoms with Crippen LogP contribution in [0.2, 0.25) is 0 Å². The average Bonchev–Trinajstić information content (AvgIpc) is 3.58. The molecule has 0 amide bonds. The second-order valence-electron chi connectivity index (χ2n) is 10.1. The molecule has 0 atom stereocenters. The van der Waals surface area contributed by atoms with Crippen LogP contribution in [-0.4, -0.2) is 0 Å². The molecule has 8 aromatic rings. The SMILES string of the molecule is c1ccc(/C(=C(/c2ccccc2)c2ccc3oc4ccccc4c3c2)c2ccc3oc4ccccc4c3c2)cc1. The van der Waals surface area contributed by atoms with Crippen molar-refractivity contribution in [2.24, 2.45) is 0 Å². The third-order valence-electron chi connectivity index (χ3n) is 7.71. The Morgan fingerprint density at radius 2 is 0.675 bits per heavy atom. The third-order valence-corrected chi connectivity index (χ3v) is 7.71. The van der Waals surface area contributed by atoms with Gasteiger partial charge in [-0.3, -0.25) is 0 Å². The highest BCUT2D eigenvalue weighted by atomic mass is 16.3. The maximum absolute atomic E-state index is 6.18. The van der Waals surface area contributed by atoms with Crippen LogP contribution in [0.3, 0.4) is 0 Å². The fraction of sp³-hybridized carbons (Fsp3) is 0. The van der Waals surface area contributed by atoms with Crippen LogP contribution in [0.5, 0.6) is 0 Å². The minimum atomic E-state index is 0.893. The van der Waals surface area contributed by atoms with Crippen LogP contribution in [0.15, 0.2) is 154 Å². The molecule has 2 heterocycles. The fourth-order valence-corrected chi connectivity index (χ4v) is 5.88. The zero-order valence-corrected chi connectivity index (χ0v) is 21.7. The molecule has 0 aliphatic rings. The lowest BCUT2D eigenvalue weighted by atomic mass is 9.85. The van der Waals surface area contributed by atoms with E-state index in [9.17, 15) is 0 Å². The molecule has 0 N–H and O–H groups in total. The lowest BCUT2D eigenvalue weighted by molar-refractivity contribution is 0.668. The highest BCUT2D eigenvalue weighted by Crippen LogP contribution is 2.41. The normalized spacial score (nSPS) is 12.4. The van der Waals surface area contributed by atoms with E-state index >= 15 is 0 Å². The average molecular weight is 513 g/mol. The minimum absolute atomic E-state index is 0.893. The molecule has 40 heavy (non-hydrogen) atoms. The monoisotopic (exact) mass is 512 g/mol. The Kier molecular flexibility index (Phi) is 5.17. The molecule has 0 bridgehead atoms. The van der Waals surface area contributed by atoms with Crippen LogP contribution in [0.25, 0.3) is 55.0 Å². The highest BCUT2D eigenvalue weighted by Gasteiger charge is 2.19. The molecule has 0 spiro atoms. The predicted molar refractivity (Wildman–Crippen MR) is 165 cm³/mol. The summed E-state index contributed by atoms with van der Waals surface area (Å²) in [5.41, 5.74) is 10.5. The summed E-state index contributed by atoms with van der Waals surface area (Å²) in [6.07, 6.45) is 0. The lowest BCUT2D eigenvalue weighted by Gasteiger charge is -2.18. The molecular formula is C38H24O2. The van der Waals surface area contributed by atoms with Crippen molar-refractivity contribution in [3.8, 4) is 0 Å². The standard InChI is InChI=1S/C38H24O2/c1-3-11-25(12-4-1)37(27-19-21-35-31(23-27)29-15-7-9-17-33(29)39-35)38(26-13-5-2-6-14-26)28-20-22-36-32(24-28)30-16-8-10-18-34(30)40-36/h1-24H/b38-37+. The summed E-state index contributed by atoms with van der Waals surface area (Å²) >= 11 is 0. The molecule has 6 aromatic carbocycles. The second-order valence-corrected chi connectivity index (χ2v) is 10.1. The first-order valence-electron chi connectivity index (χ1n) is 13.5. The van der Waals surface area contributed by atoms with E-state index in [0.717, 1.165) is 66.1 Å². The van der Waals surface area contributed by atoms with Gasteiger partial charge in [0.2, 0.25) is 0 Å². The molecular weight excluding hydrogens is 488 g/mol. The number of furan rings is 2. The van der Waals surface area contributed by atoms with Crippen molar-refractivity contribution in [2.75, 3.05) is 0 Å². The van der Waals surface area contributed by atoms with Crippen molar-refractivity contribution in [2.45, 2.75) is 0 Å². The quantitative estimate of drug-likeness (QED) is 0.219. The lowest BCUT2D eigenvalue weighted by Crippen LogP contribution is -1.97. The van der Waals surface area contributed by atoms with Gasteiger partial charge >= 0.3 is 0 Å². The van der Waals surface area contributed by atoms with Gasteiger partial charge in [-0.2, -0.15) is 0 Å². The molecule has 2 nitrogen and oxygen atoms in total. The van der Waals surface area contributed by atoms with Crippen molar-refractivity contribution in [3.63, 3.8) is 0 Å². The van der Waals surface area contributed by atoms with E-state index in [-0.39, 0.29) is 0 Å². The molecule has 188 valence electrons. The second kappa shape index (κ2) is 9.14. The number of benzene rings is 6. The Morgan fingerprint density at radius 3 is 1.12 bits per heavy atom. The molecule has 0 saturated heterocycles. The van der Waals surface area contributed by atoms with Gasteiger partial charge in [0.25, 0.3) is 0 Å². The Hall–Kier alpha value is -5.34. The van der Waals surface area contributed by atoms with Gasteiger partial charge in [-0.1, -0.05) is 109 Å². The Bertz CT molecular complexity index is 2040. The fourth-order valence-electron chi connectivity index (χ4n) is 5.88. The van der Waals surface area contributed by atoms with Crippen molar-refractivity contribution in [3.05, 3.63) is 168 Å². The van der Waals surface area contributed by atoms with Crippen LogP contribution in [0.4, 0.5) is 0 Å². The largest absolute Gasteiger partial charge is 0.456 e. The summed E-state index contributed by atoms with van der Waals surface area (Å²) in [5, 5.41) is 4.48. The summed E-state index contributed by atoms with van der Waals surface area (Å²) in [6.45, 7) is 0. The zero-order valence-electron chi connectivity index (χ0n) is 21.7. The number of para-hydroxylation sites is 2. The summed E-state index contributed by atoms with van der Waals surface area (Å²) in [6, 6.07) is 51.0. The van der Waals surface area contributed by atoms with Gasteiger partial charge in [-0.15, -0.1) is 0 Å². The van der Waals surface area contributed by atoms with Crippen LogP contribution in [-0.2, 0) is 0 Å². The molecule has 0 radical (unpaired) electrons. The third kappa shape index (κ3) is 3.65. The van der Waals surface area contributed by atoms with Gasteiger partial charge in [-0.05, 0) is 69.8 Å². The predicted octanol–water partition coefficient (Wildman–Crippen LogP) is 10.5. The molecule has 2 heteroatoms. The van der Waals surface area contributed by atoms with Crippen LogP contribution in [0, 0.1) is 0 Å². The summed E-state index contributed by atoms with van der Waals surface area (Å²) in [7, 11) is 0. The molecule has 8 rings (SSSR count). The van der Waals surface area contributed by atoms with Crippen molar-refractivity contribution >= 4 is 55.0 Å². The molecule has 0 fully saturated rings. The molecule has 0 unspecified atom stereocenters. The minimum Gasteiger partial charge on any atom is -0.456 e. The molecule has 2 aromatic heterocycles. The van der Waals surface area contributed by atoms with E-state index in [1.165, 1.54) is 11.1 Å². The van der Waals surface area contributed by atoms with E-state index < -0.39 is 0 Å². The topological polar surface area (TPSA) is 26.3 Å². The van der Waals surface area contributed by atoms with Crippen molar-refractivity contribution in [1.82, 2.24) is 0 Å². The first-order chi connectivity index (χ1) is 19.8. The van der Waals surface area contributed by atoms with E-state index in [1.54, 1.807) is 0 Å². The molecule has 0 saturated carbocycles. The van der Waals surface area contributed by atoms with Gasteiger partial charge < -0.3 is 8.83 Å². The van der Waals surface area contributed by atoms with E-state index in [4.69, 9.17) is 8.83 Å². The van der Waals surface area contributed by atoms with Crippen molar-refractivity contribution in [1.29, 1.82) is 0 Å². The summed E-state index contributed by atoms with van der Waals surface area (Å²) in [4.78, 5) is 0. The highest BCUT2D eigenvalue weighted by molar-refractivity contribution is 6.12. The van der Waals surface area contributed by atoms with Crippen LogP contribution < -0.4 is 0 Å². The summed E-state index contributed by atoms with van der Waals surface area (Å²) < 4.78 is 12.4. The van der Waals surface area contributed by atoms with Crippen LogP contribution in [0.1, 0.15) is 22.3 Å². The number of rotatable bonds is 4. The Morgan fingerprint density at radius 1 is 0.300 bits per heavy atom. The van der Waals surface area contributed by atoms with E-state index in [0.29, 0.717) is 0 Å². The van der Waals surface area contributed by atoms with Gasteiger partial charge in [0.15, 0.2) is 0 Å². The molecule has 0 aliphatic carbocycles. The molecule has 0 aliphatic heterocycles. The first kappa shape index (κ1) is 22.6. The van der Waals surface area contributed by atoms with Gasteiger partial charge in [0.1, 0.15) is 22.3 Å². The smallest absolute Gasteiger partial charge is 0.135 e. The Balaban J connectivity index is 1.48. The number of hydrogen-bond donors (Lipinski definition) is 0. The van der Waals surface area contributed by atoms with Crippen molar-refractivity contribution < 1.29 is 8.83 Å². The van der Waals surface area contributed by atoms with Crippen LogP contribution >= 0.6 is 0 Å². The van der Waals surface area contributed by atoms with Gasteiger partial charge in [0, 0.05) is 21.5 Å². The zero-order chi connectivity index (χ0) is 26.5. The number of hydrogen-bond acceptors (Lipinski definition) is 2. The van der Waals surface area contributed by atoms with Gasteiger partial charge in [0.05, 0.1) is 0 Å². The maximum atomic E-state index is 6.18. The maximum Gasteiger partial charge on any atom is 0.135 e. The first-order valence-corrected chi connectivity index (χ1v) is 13.5. The van der Waals surface area contributed by atoms with E-state index in [2.05, 4.69) is 121 Å². The van der Waals surface area contributed by atoms with E-state index in [1.807, 2.05) is 24.3 Å².